The van der Waals surface area contributed by atoms with Crippen molar-refractivity contribution in [3.05, 3.63) is 47.3 Å². The molecule has 19 heavy (non-hydrogen) atoms. The molecule has 0 radical (unpaired) electrons. The van der Waals surface area contributed by atoms with Crippen LogP contribution in [0.1, 0.15) is 21.5 Å². The molecule has 0 aliphatic carbocycles. The molecule has 1 aromatic carbocycles. The van der Waals surface area contributed by atoms with Crippen LogP contribution in [0, 0.1) is 6.92 Å². The van der Waals surface area contributed by atoms with Gasteiger partial charge in [0.05, 0.1) is 11.8 Å². The maximum Gasteiger partial charge on any atom is 0.337 e. The third kappa shape index (κ3) is 3.34. The molecule has 0 amide bonds. The molecular formula is C14H17N3O2. The highest BCUT2D eigenvalue weighted by Gasteiger charge is 2.09. The molecule has 1 heterocycles. The van der Waals surface area contributed by atoms with E-state index in [1.807, 2.05) is 38.5 Å². The van der Waals surface area contributed by atoms with Gasteiger partial charge in [0.25, 0.3) is 0 Å². The Morgan fingerprint density at radius 1 is 1.47 bits per heavy atom. The van der Waals surface area contributed by atoms with Gasteiger partial charge in [0.15, 0.2) is 0 Å². The lowest BCUT2D eigenvalue weighted by molar-refractivity contribution is 0.0698. The molecule has 100 valence electrons. The average molecular weight is 259 g/mol. The van der Waals surface area contributed by atoms with Crippen LogP contribution in [-0.4, -0.2) is 27.4 Å². The minimum atomic E-state index is -0.910. The summed E-state index contributed by atoms with van der Waals surface area (Å²) in [5.74, 6) is -0.910. The number of carboxylic acid groups (broad SMARTS) is 1. The van der Waals surface area contributed by atoms with E-state index in [4.69, 9.17) is 5.11 Å². The molecular weight excluding hydrogens is 242 g/mol. The Bertz CT molecular complexity index is 590. The summed E-state index contributed by atoms with van der Waals surface area (Å²) < 4.78 is 1.75. The third-order valence-corrected chi connectivity index (χ3v) is 2.89. The summed E-state index contributed by atoms with van der Waals surface area (Å²) in [5, 5.41) is 16.4. The molecule has 0 saturated carbocycles. The maximum absolute atomic E-state index is 11.2. The molecule has 0 atom stereocenters. The van der Waals surface area contributed by atoms with Crippen LogP contribution in [0.25, 0.3) is 0 Å². The normalized spacial score (nSPS) is 10.4. The molecule has 1 aromatic heterocycles. The zero-order valence-corrected chi connectivity index (χ0v) is 11.1. The third-order valence-electron chi connectivity index (χ3n) is 2.89. The molecule has 2 N–H and O–H groups in total. The first-order valence-electron chi connectivity index (χ1n) is 6.11. The van der Waals surface area contributed by atoms with Gasteiger partial charge in [-0.3, -0.25) is 4.68 Å². The molecule has 0 bridgehead atoms. The molecule has 0 aliphatic heterocycles. The van der Waals surface area contributed by atoms with Crippen molar-refractivity contribution in [2.45, 2.75) is 13.3 Å². The van der Waals surface area contributed by atoms with Crippen LogP contribution in [0.5, 0.6) is 0 Å². The van der Waals surface area contributed by atoms with Crippen LogP contribution in [0.3, 0.4) is 0 Å². The van der Waals surface area contributed by atoms with E-state index < -0.39 is 5.97 Å². The number of hydrogen-bond donors (Lipinski definition) is 2. The zero-order chi connectivity index (χ0) is 13.8. The summed E-state index contributed by atoms with van der Waals surface area (Å²) in [6.45, 7) is 2.56. The number of nitrogens with one attached hydrogen (secondary N) is 1. The van der Waals surface area contributed by atoms with Crippen LogP contribution in [0.2, 0.25) is 0 Å². The van der Waals surface area contributed by atoms with E-state index >= 15 is 0 Å². The number of rotatable bonds is 5. The number of aryl methyl sites for hydroxylation is 2. The van der Waals surface area contributed by atoms with Crippen LogP contribution in [-0.2, 0) is 13.5 Å². The van der Waals surface area contributed by atoms with E-state index in [1.165, 1.54) is 0 Å². The Hall–Kier alpha value is -2.30. The summed E-state index contributed by atoms with van der Waals surface area (Å²) in [4.78, 5) is 11.2. The number of nitrogens with zero attached hydrogens (tertiary/aromatic N) is 2. The van der Waals surface area contributed by atoms with Crippen molar-refractivity contribution in [1.82, 2.24) is 9.78 Å². The summed E-state index contributed by atoms with van der Waals surface area (Å²) in [7, 11) is 1.87. The van der Waals surface area contributed by atoms with E-state index in [-0.39, 0.29) is 0 Å². The van der Waals surface area contributed by atoms with Gasteiger partial charge in [-0.15, -0.1) is 0 Å². The Kier molecular flexibility index (Phi) is 3.85. The van der Waals surface area contributed by atoms with E-state index in [0.717, 1.165) is 17.5 Å². The second-order valence-corrected chi connectivity index (χ2v) is 4.55. The minimum Gasteiger partial charge on any atom is -0.478 e. The second-order valence-electron chi connectivity index (χ2n) is 4.55. The van der Waals surface area contributed by atoms with Gasteiger partial charge < -0.3 is 10.4 Å². The smallest absolute Gasteiger partial charge is 0.337 e. The number of anilines is 1. The highest BCUT2D eigenvalue weighted by Crippen LogP contribution is 2.17. The van der Waals surface area contributed by atoms with Gasteiger partial charge in [-0.05, 0) is 31.0 Å². The lowest BCUT2D eigenvalue weighted by atomic mass is 10.1. The Morgan fingerprint density at radius 2 is 2.26 bits per heavy atom. The van der Waals surface area contributed by atoms with Crippen molar-refractivity contribution in [1.29, 1.82) is 0 Å². The molecule has 0 fully saturated rings. The molecule has 0 saturated heterocycles. The summed E-state index contributed by atoms with van der Waals surface area (Å²) in [5.41, 5.74) is 3.03. The standard InChI is InChI=1S/C14H17N3O2/c1-10-3-4-13(12(7-10)14(18)19)15-6-5-11-8-16-17(2)9-11/h3-4,7-9,15H,5-6H2,1-2H3,(H,18,19). The predicted molar refractivity (Wildman–Crippen MR) is 73.5 cm³/mol. The zero-order valence-electron chi connectivity index (χ0n) is 11.1. The summed E-state index contributed by atoms with van der Waals surface area (Å²) >= 11 is 0. The molecule has 5 nitrogen and oxygen atoms in total. The van der Waals surface area contributed by atoms with Crippen molar-refractivity contribution in [2.24, 2.45) is 7.05 Å². The van der Waals surface area contributed by atoms with Gasteiger partial charge in [-0.25, -0.2) is 4.79 Å². The van der Waals surface area contributed by atoms with Crippen molar-refractivity contribution in [3.8, 4) is 0 Å². The number of carbonyl (C=O) groups is 1. The molecule has 2 aromatic rings. The van der Waals surface area contributed by atoms with Gasteiger partial charge in [0.1, 0.15) is 0 Å². The maximum atomic E-state index is 11.2. The Morgan fingerprint density at radius 3 is 2.89 bits per heavy atom. The second kappa shape index (κ2) is 5.56. The highest BCUT2D eigenvalue weighted by atomic mass is 16.4. The first-order chi connectivity index (χ1) is 9.06. The largest absolute Gasteiger partial charge is 0.478 e. The molecule has 0 spiro atoms. The number of aromatic carboxylic acids is 1. The van der Waals surface area contributed by atoms with Crippen molar-refractivity contribution < 1.29 is 9.90 Å². The fourth-order valence-corrected chi connectivity index (χ4v) is 1.93. The van der Waals surface area contributed by atoms with E-state index in [1.54, 1.807) is 10.7 Å². The van der Waals surface area contributed by atoms with Gasteiger partial charge in [0, 0.05) is 25.5 Å². The minimum absolute atomic E-state index is 0.311. The molecule has 0 aliphatic rings. The van der Waals surface area contributed by atoms with Gasteiger partial charge >= 0.3 is 5.97 Å². The van der Waals surface area contributed by atoms with Crippen LogP contribution < -0.4 is 5.32 Å². The van der Waals surface area contributed by atoms with Crippen molar-refractivity contribution in [2.75, 3.05) is 11.9 Å². The van der Waals surface area contributed by atoms with Crippen molar-refractivity contribution >= 4 is 11.7 Å². The topological polar surface area (TPSA) is 67.2 Å². The lowest BCUT2D eigenvalue weighted by Gasteiger charge is -2.09. The van der Waals surface area contributed by atoms with E-state index in [2.05, 4.69) is 10.4 Å². The highest BCUT2D eigenvalue weighted by molar-refractivity contribution is 5.94. The fraction of sp³-hybridized carbons (Fsp3) is 0.286. The molecule has 2 rings (SSSR count). The van der Waals surface area contributed by atoms with E-state index in [0.29, 0.717) is 17.8 Å². The first kappa shape index (κ1) is 13.1. The van der Waals surface area contributed by atoms with Gasteiger partial charge in [-0.1, -0.05) is 11.6 Å². The number of hydrogen-bond acceptors (Lipinski definition) is 3. The monoisotopic (exact) mass is 259 g/mol. The molecule has 0 unspecified atom stereocenters. The van der Waals surface area contributed by atoms with Gasteiger partial charge in [-0.2, -0.15) is 5.10 Å². The molecule has 5 heteroatoms. The van der Waals surface area contributed by atoms with E-state index in [9.17, 15) is 4.79 Å². The van der Waals surface area contributed by atoms with Crippen LogP contribution in [0.15, 0.2) is 30.6 Å². The predicted octanol–water partition coefficient (Wildman–Crippen LogP) is 2.08. The summed E-state index contributed by atoms with van der Waals surface area (Å²) in [6, 6.07) is 5.38. The lowest BCUT2D eigenvalue weighted by Crippen LogP contribution is -2.09. The number of benzene rings is 1. The number of aromatic nitrogens is 2. The van der Waals surface area contributed by atoms with Crippen LogP contribution in [0.4, 0.5) is 5.69 Å². The summed E-state index contributed by atoms with van der Waals surface area (Å²) in [6.07, 6.45) is 4.57. The Balaban J connectivity index is 2.01. The first-order valence-corrected chi connectivity index (χ1v) is 6.11. The SMILES string of the molecule is Cc1ccc(NCCc2cnn(C)c2)c(C(=O)O)c1. The number of carboxylic acids is 1. The van der Waals surface area contributed by atoms with Crippen LogP contribution >= 0.6 is 0 Å². The average Bonchev–Trinajstić information content (AvgIpc) is 2.77. The quantitative estimate of drug-likeness (QED) is 0.862. The Labute approximate surface area is 111 Å². The van der Waals surface area contributed by atoms with Crippen molar-refractivity contribution in [3.63, 3.8) is 0 Å². The fourth-order valence-electron chi connectivity index (χ4n) is 1.93. The van der Waals surface area contributed by atoms with Gasteiger partial charge in [0.2, 0.25) is 0 Å².